The summed E-state index contributed by atoms with van der Waals surface area (Å²) in [5, 5.41) is 0.672. The minimum atomic E-state index is -0.199. The highest BCUT2D eigenvalue weighted by Gasteiger charge is 2.06. The first-order valence-electron chi connectivity index (χ1n) is 3.48. The van der Waals surface area contributed by atoms with E-state index in [-0.39, 0.29) is 6.04 Å². The molecular weight excluding hydrogens is 237 g/mol. The van der Waals surface area contributed by atoms with Gasteiger partial charge < -0.3 is 5.73 Å². The van der Waals surface area contributed by atoms with Crippen LogP contribution in [0.15, 0.2) is 35.3 Å². The normalized spacial score (nSPS) is 12.6. The first-order valence-corrected chi connectivity index (χ1v) is 4.65. The summed E-state index contributed by atoms with van der Waals surface area (Å²) in [6, 6.07) is 5.38. The van der Waals surface area contributed by atoms with E-state index < -0.39 is 0 Å². The van der Waals surface area contributed by atoms with Gasteiger partial charge in [0, 0.05) is 15.5 Å². The highest BCUT2D eigenvalue weighted by Crippen LogP contribution is 2.25. The van der Waals surface area contributed by atoms with Gasteiger partial charge >= 0.3 is 0 Å². The fourth-order valence-electron chi connectivity index (χ4n) is 0.897. The molecule has 0 heterocycles. The van der Waals surface area contributed by atoms with Crippen LogP contribution >= 0.6 is 27.5 Å². The Balaban J connectivity index is 3.12. The zero-order valence-electron chi connectivity index (χ0n) is 6.43. The monoisotopic (exact) mass is 245 g/mol. The van der Waals surface area contributed by atoms with Gasteiger partial charge in [0.25, 0.3) is 0 Å². The molecule has 1 atom stereocenters. The van der Waals surface area contributed by atoms with Crippen molar-refractivity contribution in [2.45, 2.75) is 6.04 Å². The van der Waals surface area contributed by atoms with E-state index in [0.29, 0.717) is 5.02 Å². The molecular formula is C9H9BrClN. The van der Waals surface area contributed by atoms with Crippen molar-refractivity contribution in [2.24, 2.45) is 5.73 Å². The zero-order valence-corrected chi connectivity index (χ0v) is 8.77. The van der Waals surface area contributed by atoms with Crippen LogP contribution < -0.4 is 5.73 Å². The number of hydrogen-bond acceptors (Lipinski definition) is 1. The first kappa shape index (κ1) is 9.78. The summed E-state index contributed by atoms with van der Waals surface area (Å²) in [7, 11) is 0. The predicted molar refractivity (Wildman–Crippen MR) is 56.3 cm³/mol. The SMILES string of the molecule is C=C[C@@H](N)c1cc(Br)ccc1Cl. The van der Waals surface area contributed by atoms with Gasteiger partial charge in [-0.15, -0.1) is 6.58 Å². The van der Waals surface area contributed by atoms with Gasteiger partial charge in [0.15, 0.2) is 0 Å². The molecule has 0 aromatic heterocycles. The van der Waals surface area contributed by atoms with Gasteiger partial charge in [-0.1, -0.05) is 33.6 Å². The van der Waals surface area contributed by atoms with E-state index in [4.69, 9.17) is 17.3 Å². The van der Waals surface area contributed by atoms with Gasteiger partial charge in [-0.25, -0.2) is 0 Å². The molecule has 2 N–H and O–H groups in total. The lowest BCUT2D eigenvalue weighted by atomic mass is 10.1. The third kappa shape index (κ3) is 2.09. The van der Waals surface area contributed by atoms with Crippen molar-refractivity contribution in [1.29, 1.82) is 0 Å². The molecule has 64 valence electrons. The lowest BCUT2D eigenvalue weighted by Gasteiger charge is -2.08. The van der Waals surface area contributed by atoms with E-state index >= 15 is 0 Å². The maximum Gasteiger partial charge on any atom is 0.0493 e. The second-order valence-corrected chi connectivity index (χ2v) is 3.75. The molecule has 1 nitrogen and oxygen atoms in total. The van der Waals surface area contributed by atoms with Crippen LogP contribution in [0.4, 0.5) is 0 Å². The van der Waals surface area contributed by atoms with Crippen LogP contribution in [0.1, 0.15) is 11.6 Å². The van der Waals surface area contributed by atoms with Crippen molar-refractivity contribution in [3.05, 3.63) is 45.9 Å². The summed E-state index contributed by atoms with van der Waals surface area (Å²) in [5.41, 5.74) is 6.63. The molecule has 12 heavy (non-hydrogen) atoms. The summed E-state index contributed by atoms with van der Waals surface area (Å²) in [6.45, 7) is 3.61. The lowest BCUT2D eigenvalue weighted by Crippen LogP contribution is -2.06. The maximum absolute atomic E-state index is 5.92. The average molecular weight is 247 g/mol. The van der Waals surface area contributed by atoms with Crippen LogP contribution in [-0.4, -0.2) is 0 Å². The molecule has 0 radical (unpaired) electrons. The van der Waals surface area contributed by atoms with Crippen molar-refractivity contribution < 1.29 is 0 Å². The molecule has 0 aliphatic rings. The Labute approximate surface area is 85.3 Å². The predicted octanol–water partition coefficient (Wildman–Crippen LogP) is 3.29. The molecule has 1 rings (SSSR count). The summed E-state index contributed by atoms with van der Waals surface area (Å²) in [4.78, 5) is 0. The van der Waals surface area contributed by atoms with Gasteiger partial charge in [0.1, 0.15) is 0 Å². The molecule has 0 saturated heterocycles. The van der Waals surface area contributed by atoms with E-state index in [9.17, 15) is 0 Å². The second kappa shape index (κ2) is 4.08. The Morgan fingerprint density at radius 2 is 2.25 bits per heavy atom. The number of rotatable bonds is 2. The topological polar surface area (TPSA) is 26.0 Å². The van der Waals surface area contributed by atoms with Gasteiger partial charge in [-0.2, -0.15) is 0 Å². The van der Waals surface area contributed by atoms with Gasteiger partial charge in [0.05, 0.1) is 0 Å². The Morgan fingerprint density at radius 1 is 1.58 bits per heavy atom. The minimum absolute atomic E-state index is 0.199. The molecule has 0 saturated carbocycles. The molecule has 3 heteroatoms. The van der Waals surface area contributed by atoms with Crippen molar-refractivity contribution in [1.82, 2.24) is 0 Å². The molecule has 0 aliphatic carbocycles. The third-order valence-electron chi connectivity index (χ3n) is 1.57. The van der Waals surface area contributed by atoms with Crippen LogP contribution in [0.5, 0.6) is 0 Å². The fourth-order valence-corrected chi connectivity index (χ4v) is 1.52. The van der Waals surface area contributed by atoms with Crippen molar-refractivity contribution >= 4 is 27.5 Å². The van der Waals surface area contributed by atoms with E-state index in [0.717, 1.165) is 10.0 Å². The van der Waals surface area contributed by atoms with Crippen molar-refractivity contribution in [2.75, 3.05) is 0 Å². The lowest BCUT2D eigenvalue weighted by molar-refractivity contribution is 0.913. The van der Waals surface area contributed by atoms with Crippen LogP contribution in [-0.2, 0) is 0 Å². The maximum atomic E-state index is 5.92. The second-order valence-electron chi connectivity index (χ2n) is 2.43. The molecule has 0 aliphatic heterocycles. The molecule has 1 aromatic rings. The highest BCUT2D eigenvalue weighted by atomic mass is 79.9. The standard InChI is InChI=1S/C9H9BrClN/c1-2-9(12)7-5-6(10)3-4-8(7)11/h2-5,9H,1,12H2/t9-/m1/s1. The highest BCUT2D eigenvalue weighted by molar-refractivity contribution is 9.10. The fraction of sp³-hybridized carbons (Fsp3) is 0.111. The smallest absolute Gasteiger partial charge is 0.0493 e. The molecule has 0 unspecified atom stereocenters. The Hall–Kier alpha value is -0.310. The Morgan fingerprint density at radius 3 is 2.83 bits per heavy atom. The van der Waals surface area contributed by atoms with Gasteiger partial charge in [0.2, 0.25) is 0 Å². The van der Waals surface area contributed by atoms with Crippen molar-refractivity contribution in [3.63, 3.8) is 0 Å². The van der Waals surface area contributed by atoms with Crippen LogP contribution in [0, 0.1) is 0 Å². The molecule has 1 aromatic carbocycles. The zero-order chi connectivity index (χ0) is 9.14. The minimum Gasteiger partial charge on any atom is -0.321 e. The van der Waals surface area contributed by atoms with Gasteiger partial charge in [-0.05, 0) is 23.8 Å². The number of halogens is 2. The molecule has 0 spiro atoms. The first-order chi connectivity index (χ1) is 5.65. The van der Waals surface area contributed by atoms with E-state index in [1.165, 1.54) is 0 Å². The number of nitrogens with two attached hydrogens (primary N) is 1. The number of benzene rings is 1. The summed E-state index contributed by atoms with van der Waals surface area (Å²) >= 11 is 9.27. The largest absolute Gasteiger partial charge is 0.321 e. The van der Waals surface area contributed by atoms with E-state index in [1.54, 1.807) is 6.08 Å². The van der Waals surface area contributed by atoms with E-state index in [1.807, 2.05) is 18.2 Å². The van der Waals surface area contributed by atoms with Crippen LogP contribution in [0.2, 0.25) is 5.02 Å². The Kier molecular flexibility index (Phi) is 3.32. The summed E-state index contributed by atoms with van der Waals surface area (Å²) in [6.07, 6.45) is 1.66. The van der Waals surface area contributed by atoms with Crippen molar-refractivity contribution in [3.8, 4) is 0 Å². The quantitative estimate of drug-likeness (QED) is 0.796. The number of hydrogen-bond donors (Lipinski definition) is 1. The van der Waals surface area contributed by atoms with Crippen LogP contribution in [0.25, 0.3) is 0 Å². The van der Waals surface area contributed by atoms with Gasteiger partial charge in [-0.3, -0.25) is 0 Å². The molecule has 0 bridgehead atoms. The average Bonchev–Trinajstić information content (AvgIpc) is 2.08. The third-order valence-corrected chi connectivity index (χ3v) is 2.41. The summed E-state index contributed by atoms with van der Waals surface area (Å²) in [5.74, 6) is 0. The molecule has 0 amide bonds. The molecule has 0 fully saturated rings. The summed E-state index contributed by atoms with van der Waals surface area (Å²) < 4.78 is 0.971. The van der Waals surface area contributed by atoms with Crippen LogP contribution in [0.3, 0.4) is 0 Å². The van der Waals surface area contributed by atoms with E-state index in [2.05, 4.69) is 22.5 Å². The Bertz CT molecular complexity index is 299.